The fourth-order valence-corrected chi connectivity index (χ4v) is 3.92. The molecule has 0 aliphatic heterocycles. The number of anilines is 1. The van der Waals surface area contributed by atoms with E-state index in [4.69, 9.17) is 11.6 Å². The molecule has 0 saturated heterocycles. The van der Waals surface area contributed by atoms with Gasteiger partial charge in [0.05, 0.1) is 21.8 Å². The number of carbonyl (C=O) groups excluding carboxylic acids is 1. The summed E-state index contributed by atoms with van der Waals surface area (Å²) in [6.07, 6.45) is 0. The average Bonchev–Trinajstić information content (AvgIpc) is 2.68. The fourth-order valence-electron chi connectivity index (χ4n) is 2.83. The quantitative estimate of drug-likeness (QED) is 0.418. The molecule has 1 atom stereocenters. The summed E-state index contributed by atoms with van der Waals surface area (Å²) in [4.78, 5) is 30.1. The minimum Gasteiger partial charge on any atom is -0.323 e. The smallest absolute Gasteiger partial charge is 0.262 e. The van der Waals surface area contributed by atoms with Crippen molar-refractivity contribution >= 4 is 45.9 Å². The second kappa shape index (κ2) is 9.14. The van der Waals surface area contributed by atoms with Crippen molar-refractivity contribution in [2.45, 2.75) is 37.7 Å². The van der Waals surface area contributed by atoms with Crippen LogP contribution in [0, 0.1) is 17.6 Å². The number of halogens is 3. The molecule has 3 rings (SSSR count). The summed E-state index contributed by atoms with van der Waals surface area (Å²) < 4.78 is 28.7. The van der Waals surface area contributed by atoms with Crippen LogP contribution in [0.15, 0.2) is 46.3 Å². The van der Waals surface area contributed by atoms with Gasteiger partial charge in [-0.1, -0.05) is 37.2 Å². The third-order valence-corrected chi connectivity index (χ3v) is 5.59. The number of thioether (sulfide) groups is 1. The zero-order valence-electron chi connectivity index (χ0n) is 16.6. The molecule has 1 aromatic heterocycles. The van der Waals surface area contributed by atoms with Crippen molar-refractivity contribution in [1.29, 1.82) is 0 Å². The van der Waals surface area contributed by atoms with Crippen molar-refractivity contribution in [2.24, 2.45) is 5.92 Å². The first-order valence-corrected chi connectivity index (χ1v) is 10.5. The molecule has 0 aliphatic carbocycles. The van der Waals surface area contributed by atoms with Gasteiger partial charge in [-0.15, -0.1) is 0 Å². The van der Waals surface area contributed by atoms with Crippen LogP contribution < -0.4 is 10.9 Å². The standard InChI is InChI=1S/C21H20ClF2N3O2S/c1-11(2)10-27-20(29)15-8-13(22)4-7-17(15)26-21(27)30-12(3)19(28)25-18-9-14(23)5-6-16(18)24/h4-9,11-12H,10H2,1-3H3,(H,25,28). The first-order chi connectivity index (χ1) is 14.2. The average molecular weight is 452 g/mol. The Bertz CT molecular complexity index is 1170. The molecule has 0 fully saturated rings. The lowest BCUT2D eigenvalue weighted by atomic mass is 10.2. The summed E-state index contributed by atoms with van der Waals surface area (Å²) in [5, 5.41) is 2.86. The highest BCUT2D eigenvalue weighted by Gasteiger charge is 2.21. The lowest BCUT2D eigenvalue weighted by Crippen LogP contribution is -2.28. The molecule has 30 heavy (non-hydrogen) atoms. The lowest BCUT2D eigenvalue weighted by molar-refractivity contribution is -0.115. The van der Waals surface area contributed by atoms with E-state index in [1.54, 1.807) is 25.1 Å². The Kier molecular flexibility index (Phi) is 6.77. The third-order valence-electron chi connectivity index (χ3n) is 4.27. The number of aromatic nitrogens is 2. The van der Waals surface area contributed by atoms with Crippen molar-refractivity contribution < 1.29 is 13.6 Å². The van der Waals surface area contributed by atoms with E-state index < -0.39 is 22.8 Å². The third kappa shape index (κ3) is 4.99. The highest BCUT2D eigenvalue weighted by Crippen LogP contribution is 2.26. The number of hydrogen-bond donors (Lipinski definition) is 1. The van der Waals surface area contributed by atoms with Crippen LogP contribution in [0.2, 0.25) is 5.02 Å². The van der Waals surface area contributed by atoms with Crippen LogP contribution >= 0.6 is 23.4 Å². The Morgan fingerprint density at radius 2 is 1.93 bits per heavy atom. The molecule has 9 heteroatoms. The van der Waals surface area contributed by atoms with Gasteiger partial charge in [0.2, 0.25) is 5.91 Å². The Labute approximate surface area is 181 Å². The first kappa shape index (κ1) is 22.2. The summed E-state index contributed by atoms with van der Waals surface area (Å²) in [6, 6.07) is 7.69. The Morgan fingerprint density at radius 3 is 2.63 bits per heavy atom. The molecule has 1 N–H and O–H groups in total. The van der Waals surface area contributed by atoms with E-state index in [0.717, 1.165) is 30.0 Å². The van der Waals surface area contributed by atoms with Gasteiger partial charge < -0.3 is 5.32 Å². The number of nitrogens with zero attached hydrogens (tertiary/aromatic N) is 2. The van der Waals surface area contributed by atoms with Gasteiger partial charge in [-0.05, 0) is 43.2 Å². The van der Waals surface area contributed by atoms with Gasteiger partial charge in [-0.25, -0.2) is 13.8 Å². The van der Waals surface area contributed by atoms with E-state index in [9.17, 15) is 18.4 Å². The van der Waals surface area contributed by atoms with Crippen molar-refractivity contribution in [2.75, 3.05) is 5.32 Å². The van der Waals surface area contributed by atoms with E-state index in [0.29, 0.717) is 27.6 Å². The van der Waals surface area contributed by atoms with Crippen LogP contribution in [-0.4, -0.2) is 20.7 Å². The number of hydrogen-bond acceptors (Lipinski definition) is 4. The molecule has 2 aromatic carbocycles. The summed E-state index contributed by atoms with van der Waals surface area (Å²) >= 11 is 7.10. The van der Waals surface area contributed by atoms with Crippen LogP contribution in [-0.2, 0) is 11.3 Å². The predicted octanol–water partition coefficient (Wildman–Crippen LogP) is 5.10. The number of amides is 1. The molecule has 0 radical (unpaired) electrons. The van der Waals surface area contributed by atoms with Crippen LogP contribution in [0.5, 0.6) is 0 Å². The maximum absolute atomic E-state index is 13.8. The molecule has 5 nitrogen and oxygen atoms in total. The minimum atomic E-state index is -0.737. The van der Waals surface area contributed by atoms with Crippen LogP contribution in [0.1, 0.15) is 20.8 Å². The van der Waals surface area contributed by atoms with Crippen molar-refractivity contribution in [3.63, 3.8) is 0 Å². The van der Waals surface area contributed by atoms with E-state index in [1.807, 2.05) is 13.8 Å². The molecule has 0 saturated carbocycles. The zero-order valence-corrected chi connectivity index (χ0v) is 18.2. The van der Waals surface area contributed by atoms with Gasteiger partial charge in [-0.2, -0.15) is 0 Å². The highest BCUT2D eigenvalue weighted by atomic mass is 35.5. The fraction of sp³-hybridized carbons (Fsp3) is 0.286. The molecule has 1 unspecified atom stereocenters. The minimum absolute atomic E-state index is 0.158. The van der Waals surface area contributed by atoms with Crippen LogP contribution in [0.4, 0.5) is 14.5 Å². The van der Waals surface area contributed by atoms with Gasteiger partial charge in [0.25, 0.3) is 5.56 Å². The second-order valence-electron chi connectivity index (χ2n) is 7.24. The van der Waals surface area contributed by atoms with E-state index in [-0.39, 0.29) is 17.2 Å². The lowest BCUT2D eigenvalue weighted by Gasteiger charge is -2.18. The first-order valence-electron chi connectivity index (χ1n) is 9.28. The van der Waals surface area contributed by atoms with E-state index in [1.165, 1.54) is 4.57 Å². The zero-order chi connectivity index (χ0) is 22.0. The number of rotatable bonds is 6. The molecule has 0 spiro atoms. The van der Waals surface area contributed by atoms with Crippen molar-refractivity contribution in [3.05, 3.63) is 63.4 Å². The predicted molar refractivity (Wildman–Crippen MR) is 116 cm³/mol. The summed E-state index contributed by atoms with van der Waals surface area (Å²) in [6.45, 7) is 5.94. The van der Waals surface area contributed by atoms with Gasteiger partial charge in [0.1, 0.15) is 11.6 Å². The maximum atomic E-state index is 13.8. The molecule has 1 heterocycles. The van der Waals surface area contributed by atoms with Crippen molar-refractivity contribution in [1.82, 2.24) is 9.55 Å². The number of carbonyl (C=O) groups is 1. The molecular weight excluding hydrogens is 432 g/mol. The number of fused-ring (bicyclic) bond motifs is 1. The SMILES string of the molecule is CC(C)Cn1c(SC(C)C(=O)Nc2cc(F)ccc2F)nc2ccc(Cl)cc2c1=O. The molecule has 1 amide bonds. The molecular formula is C21H20ClF2N3O2S. The molecule has 0 aliphatic rings. The molecule has 158 valence electrons. The van der Waals surface area contributed by atoms with Gasteiger partial charge in [0.15, 0.2) is 5.16 Å². The Hall–Kier alpha value is -2.45. The second-order valence-corrected chi connectivity index (χ2v) is 8.98. The Balaban J connectivity index is 1.93. The number of benzene rings is 2. The van der Waals surface area contributed by atoms with Gasteiger partial charge in [-0.3, -0.25) is 14.2 Å². The van der Waals surface area contributed by atoms with E-state index in [2.05, 4.69) is 10.3 Å². The topological polar surface area (TPSA) is 64.0 Å². The van der Waals surface area contributed by atoms with Crippen molar-refractivity contribution in [3.8, 4) is 0 Å². The maximum Gasteiger partial charge on any atom is 0.262 e. The molecule has 3 aromatic rings. The summed E-state index contributed by atoms with van der Waals surface area (Å²) in [5.74, 6) is -1.77. The largest absolute Gasteiger partial charge is 0.323 e. The van der Waals surface area contributed by atoms with Crippen LogP contribution in [0.25, 0.3) is 10.9 Å². The monoisotopic (exact) mass is 451 g/mol. The Morgan fingerprint density at radius 1 is 1.20 bits per heavy atom. The van der Waals surface area contributed by atoms with Gasteiger partial charge >= 0.3 is 0 Å². The highest BCUT2D eigenvalue weighted by molar-refractivity contribution is 8.00. The number of nitrogens with one attached hydrogen (secondary N) is 1. The molecule has 0 bridgehead atoms. The normalized spacial score (nSPS) is 12.4. The van der Waals surface area contributed by atoms with E-state index >= 15 is 0 Å². The van der Waals surface area contributed by atoms with Crippen LogP contribution in [0.3, 0.4) is 0 Å². The van der Waals surface area contributed by atoms with Gasteiger partial charge in [0, 0.05) is 17.6 Å². The summed E-state index contributed by atoms with van der Waals surface area (Å²) in [7, 11) is 0. The summed E-state index contributed by atoms with van der Waals surface area (Å²) in [5.41, 5.74) is -0.0219.